The van der Waals surface area contributed by atoms with Crippen molar-refractivity contribution in [3.63, 3.8) is 0 Å². The first kappa shape index (κ1) is 22.2. The molecule has 0 aliphatic carbocycles. The van der Waals surface area contributed by atoms with Gasteiger partial charge in [-0.2, -0.15) is 0 Å². The van der Waals surface area contributed by atoms with Gasteiger partial charge in [0.1, 0.15) is 12.1 Å². The van der Waals surface area contributed by atoms with Crippen molar-refractivity contribution < 1.29 is 14.4 Å². The van der Waals surface area contributed by atoms with Crippen molar-refractivity contribution in [3.05, 3.63) is 107 Å². The van der Waals surface area contributed by atoms with Crippen LogP contribution in [0.5, 0.6) is 0 Å². The summed E-state index contributed by atoms with van der Waals surface area (Å²) < 4.78 is 0.909. The third-order valence-corrected chi connectivity index (χ3v) is 6.60. The largest absolute Gasteiger partial charge is 0.376 e. The Kier molecular flexibility index (Phi) is 6.42. The average Bonchev–Trinajstić information content (AvgIpc) is 2.84. The maximum absolute atomic E-state index is 12.8. The van der Waals surface area contributed by atoms with Crippen molar-refractivity contribution in [1.82, 2.24) is 10.6 Å². The van der Waals surface area contributed by atoms with Crippen LogP contribution < -0.4 is 10.6 Å². The lowest BCUT2D eigenvalue weighted by molar-refractivity contribution is -0.924. The summed E-state index contributed by atoms with van der Waals surface area (Å²) in [5.41, 5.74) is 2.25. The lowest BCUT2D eigenvalue weighted by Gasteiger charge is -2.40. The standard InChI is InChI=1S/C27H31N3O2/c1-28-26(31)23-13-7-9-15-25(23)27(32,22-11-4-3-5-12-22)24-14-8-6-10-21(24)20-30(2)18-16-29-17-19-30/h3-15,29,32H,16-20H2,1-2H3/p+1. The number of likely N-dealkylation sites (N-methyl/N-ethyl adjacent to an activating group) is 1. The molecule has 0 radical (unpaired) electrons. The van der Waals surface area contributed by atoms with Crippen LogP contribution in [0.25, 0.3) is 0 Å². The zero-order chi connectivity index (χ0) is 22.6. The molecule has 32 heavy (non-hydrogen) atoms. The van der Waals surface area contributed by atoms with Crippen molar-refractivity contribution in [2.45, 2.75) is 12.1 Å². The van der Waals surface area contributed by atoms with Gasteiger partial charge in [0, 0.05) is 42.4 Å². The number of nitrogens with zero attached hydrogens (tertiary/aromatic N) is 1. The first-order valence-corrected chi connectivity index (χ1v) is 11.2. The van der Waals surface area contributed by atoms with Gasteiger partial charge in [-0.25, -0.2) is 0 Å². The number of carbonyl (C=O) groups is 1. The van der Waals surface area contributed by atoms with E-state index in [1.807, 2.05) is 66.7 Å². The highest BCUT2D eigenvalue weighted by Crippen LogP contribution is 2.40. The molecule has 5 heteroatoms. The number of quaternary nitrogens is 1. The lowest BCUT2D eigenvalue weighted by Crippen LogP contribution is -2.55. The SMILES string of the molecule is CNC(=O)c1ccccc1C(O)(c1ccccc1)c1ccccc1C[N+]1(C)CCNCC1. The Balaban J connectivity index is 1.92. The minimum absolute atomic E-state index is 0.214. The summed E-state index contributed by atoms with van der Waals surface area (Å²) in [6, 6.07) is 25.1. The maximum Gasteiger partial charge on any atom is 0.251 e. The molecule has 1 atom stereocenters. The van der Waals surface area contributed by atoms with Crippen molar-refractivity contribution in [1.29, 1.82) is 0 Å². The summed E-state index contributed by atoms with van der Waals surface area (Å²) in [6.07, 6.45) is 0. The minimum atomic E-state index is -1.46. The second-order valence-corrected chi connectivity index (χ2v) is 8.83. The van der Waals surface area contributed by atoms with Gasteiger partial charge in [-0.3, -0.25) is 4.79 Å². The van der Waals surface area contributed by atoms with Crippen LogP contribution in [0.1, 0.15) is 32.6 Å². The van der Waals surface area contributed by atoms with E-state index in [2.05, 4.69) is 23.7 Å². The van der Waals surface area contributed by atoms with E-state index < -0.39 is 5.60 Å². The molecule has 0 bridgehead atoms. The summed E-state index contributed by atoms with van der Waals surface area (Å²) in [5, 5.41) is 18.7. The molecule has 1 amide bonds. The van der Waals surface area contributed by atoms with E-state index in [1.54, 1.807) is 13.1 Å². The van der Waals surface area contributed by atoms with Crippen molar-refractivity contribution in [2.75, 3.05) is 40.3 Å². The van der Waals surface area contributed by atoms with Gasteiger partial charge in [0.15, 0.2) is 0 Å². The Morgan fingerprint density at radius 3 is 2.22 bits per heavy atom. The average molecular weight is 431 g/mol. The smallest absolute Gasteiger partial charge is 0.251 e. The molecule has 3 N–H and O–H groups in total. The third-order valence-electron chi connectivity index (χ3n) is 6.60. The van der Waals surface area contributed by atoms with Gasteiger partial charge < -0.3 is 20.2 Å². The number of hydrogen-bond acceptors (Lipinski definition) is 3. The fourth-order valence-electron chi connectivity index (χ4n) is 4.78. The zero-order valence-electron chi connectivity index (χ0n) is 18.8. The molecule has 3 aromatic carbocycles. The van der Waals surface area contributed by atoms with Gasteiger partial charge in [0.25, 0.3) is 5.91 Å². The number of hydrogen-bond donors (Lipinski definition) is 3. The summed E-state index contributed by atoms with van der Waals surface area (Å²) in [4.78, 5) is 12.8. The number of carbonyl (C=O) groups excluding carboxylic acids is 1. The molecule has 1 saturated heterocycles. The van der Waals surface area contributed by atoms with Crippen LogP contribution in [0.2, 0.25) is 0 Å². The van der Waals surface area contributed by atoms with E-state index in [0.29, 0.717) is 11.1 Å². The molecule has 1 unspecified atom stereocenters. The van der Waals surface area contributed by atoms with Crippen LogP contribution in [-0.2, 0) is 12.1 Å². The zero-order valence-corrected chi connectivity index (χ0v) is 18.8. The minimum Gasteiger partial charge on any atom is -0.376 e. The van der Waals surface area contributed by atoms with Gasteiger partial charge in [0.05, 0.1) is 20.1 Å². The molecule has 1 heterocycles. The van der Waals surface area contributed by atoms with Gasteiger partial charge in [-0.05, 0) is 11.6 Å². The molecule has 0 aromatic heterocycles. The number of piperazine rings is 1. The third kappa shape index (κ3) is 4.19. The molecule has 166 valence electrons. The Hall–Kier alpha value is -2.99. The fraction of sp³-hybridized carbons (Fsp3) is 0.296. The fourth-order valence-corrected chi connectivity index (χ4v) is 4.78. The molecule has 5 nitrogen and oxygen atoms in total. The van der Waals surface area contributed by atoms with E-state index in [4.69, 9.17) is 0 Å². The summed E-state index contributed by atoms with van der Waals surface area (Å²) in [6.45, 7) is 4.86. The van der Waals surface area contributed by atoms with E-state index in [9.17, 15) is 9.90 Å². The van der Waals surface area contributed by atoms with Crippen LogP contribution in [0.3, 0.4) is 0 Å². The van der Waals surface area contributed by atoms with Gasteiger partial charge in [0.2, 0.25) is 0 Å². The summed E-state index contributed by atoms with van der Waals surface area (Å²) >= 11 is 0. The van der Waals surface area contributed by atoms with E-state index >= 15 is 0 Å². The highest BCUT2D eigenvalue weighted by atomic mass is 16.3. The molecule has 4 rings (SSSR count). The maximum atomic E-state index is 12.8. The monoisotopic (exact) mass is 430 g/mol. The predicted molar refractivity (Wildman–Crippen MR) is 127 cm³/mol. The second-order valence-electron chi connectivity index (χ2n) is 8.83. The quantitative estimate of drug-likeness (QED) is 0.416. The van der Waals surface area contributed by atoms with Gasteiger partial charge in [-0.15, -0.1) is 0 Å². The lowest BCUT2D eigenvalue weighted by atomic mass is 9.76. The van der Waals surface area contributed by atoms with Gasteiger partial charge >= 0.3 is 0 Å². The predicted octanol–water partition coefficient (Wildman–Crippen LogP) is 2.88. The highest BCUT2D eigenvalue weighted by Gasteiger charge is 2.39. The molecule has 1 aliphatic rings. The Morgan fingerprint density at radius 2 is 1.53 bits per heavy atom. The summed E-state index contributed by atoms with van der Waals surface area (Å²) in [7, 11) is 3.89. The molecule has 0 saturated carbocycles. The second kappa shape index (κ2) is 9.25. The normalized spacial score (nSPS) is 17.3. The van der Waals surface area contributed by atoms with Crippen LogP contribution in [0, 0.1) is 0 Å². The van der Waals surface area contributed by atoms with Crippen molar-refractivity contribution >= 4 is 5.91 Å². The first-order chi connectivity index (χ1) is 15.5. The number of aliphatic hydroxyl groups is 1. The van der Waals surface area contributed by atoms with Crippen LogP contribution >= 0.6 is 0 Å². The van der Waals surface area contributed by atoms with Crippen LogP contribution in [-0.4, -0.2) is 55.8 Å². The Bertz CT molecular complexity index is 1080. The van der Waals surface area contributed by atoms with Crippen molar-refractivity contribution in [2.24, 2.45) is 0 Å². The number of benzene rings is 3. The van der Waals surface area contributed by atoms with Crippen molar-refractivity contribution in [3.8, 4) is 0 Å². The Morgan fingerprint density at radius 1 is 0.938 bits per heavy atom. The topological polar surface area (TPSA) is 61.4 Å². The number of nitrogens with one attached hydrogen (secondary N) is 2. The molecular formula is C27H32N3O2+. The number of rotatable bonds is 6. The van der Waals surface area contributed by atoms with E-state index in [1.165, 1.54) is 0 Å². The molecule has 1 aliphatic heterocycles. The number of amides is 1. The summed E-state index contributed by atoms with van der Waals surface area (Å²) in [5.74, 6) is -0.214. The molecule has 0 spiro atoms. The highest BCUT2D eigenvalue weighted by molar-refractivity contribution is 5.96. The Labute approximate surface area is 190 Å². The first-order valence-electron chi connectivity index (χ1n) is 11.2. The van der Waals surface area contributed by atoms with Crippen LogP contribution in [0.15, 0.2) is 78.9 Å². The molecule has 1 fully saturated rings. The van der Waals surface area contributed by atoms with Gasteiger partial charge in [-0.1, -0.05) is 72.8 Å². The molecular weight excluding hydrogens is 398 g/mol. The molecule has 3 aromatic rings. The van der Waals surface area contributed by atoms with E-state index in [-0.39, 0.29) is 5.91 Å². The van der Waals surface area contributed by atoms with E-state index in [0.717, 1.165) is 53.9 Å². The van der Waals surface area contributed by atoms with Crippen LogP contribution in [0.4, 0.5) is 0 Å².